The Morgan fingerprint density at radius 3 is 2.75 bits per heavy atom. The summed E-state index contributed by atoms with van der Waals surface area (Å²) in [4.78, 5) is 11.3. The number of aromatic nitrogens is 2. The molecule has 2 N–H and O–H groups in total. The fourth-order valence-corrected chi connectivity index (χ4v) is 2.40. The van der Waals surface area contributed by atoms with E-state index in [0.29, 0.717) is 0 Å². The van der Waals surface area contributed by atoms with Gasteiger partial charge in [0, 0.05) is 16.7 Å². The number of aryl methyl sites for hydroxylation is 1. The molecular weight excluding hydrogens is 204 g/mol. The number of carboxylic acids is 1. The highest BCUT2D eigenvalue weighted by Crippen LogP contribution is 2.37. The molecule has 0 saturated carbocycles. The van der Waals surface area contributed by atoms with Crippen molar-refractivity contribution in [3.05, 3.63) is 17.0 Å². The van der Waals surface area contributed by atoms with Gasteiger partial charge in [0.25, 0.3) is 0 Å². The minimum absolute atomic E-state index is 0.102. The molecule has 88 valence electrons. The third kappa shape index (κ3) is 1.72. The second-order valence-corrected chi connectivity index (χ2v) is 5.50. The van der Waals surface area contributed by atoms with Gasteiger partial charge in [0.1, 0.15) is 0 Å². The molecule has 0 bridgehead atoms. The molecular formula is C12H18N2O2. The molecule has 1 aromatic rings. The molecule has 0 fully saturated rings. The second-order valence-electron chi connectivity index (χ2n) is 5.50. The van der Waals surface area contributed by atoms with Gasteiger partial charge in [-0.2, -0.15) is 5.10 Å². The highest BCUT2D eigenvalue weighted by molar-refractivity contribution is 5.77. The van der Waals surface area contributed by atoms with Crippen LogP contribution in [-0.2, 0) is 16.6 Å². The first-order valence-electron chi connectivity index (χ1n) is 5.71. The first kappa shape index (κ1) is 11.2. The Kier molecular flexibility index (Phi) is 2.52. The number of H-pyrrole nitrogens is 1. The molecule has 0 radical (unpaired) electrons. The molecule has 0 amide bonds. The highest BCUT2D eigenvalue weighted by atomic mass is 16.4. The van der Waals surface area contributed by atoms with Crippen molar-refractivity contribution in [1.29, 1.82) is 0 Å². The van der Waals surface area contributed by atoms with Crippen molar-refractivity contribution >= 4 is 5.97 Å². The normalized spacial score (nSPS) is 20.6. The van der Waals surface area contributed by atoms with Gasteiger partial charge in [-0.1, -0.05) is 20.8 Å². The quantitative estimate of drug-likeness (QED) is 0.765. The smallest absolute Gasteiger partial charge is 0.311 e. The molecule has 0 spiro atoms. The summed E-state index contributed by atoms with van der Waals surface area (Å²) >= 11 is 0. The molecule has 2 rings (SSSR count). The average Bonchev–Trinajstić information content (AvgIpc) is 2.59. The molecule has 1 aromatic heterocycles. The maximum absolute atomic E-state index is 11.3. The van der Waals surface area contributed by atoms with Crippen LogP contribution in [-0.4, -0.2) is 21.3 Å². The topological polar surface area (TPSA) is 66.0 Å². The summed E-state index contributed by atoms with van der Waals surface area (Å²) in [5.41, 5.74) is 2.76. The van der Waals surface area contributed by atoms with Gasteiger partial charge in [-0.15, -0.1) is 0 Å². The Labute approximate surface area is 95.1 Å². The fraction of sp³-hybridized carbons (Fsp3) is 0.667. The molecule has 0 aliphatic heterocycles. The summed E-state index contributed by atoms with van der Waals surface area (Å²) in [5, 5.41) is 16.6. The lowest BCUT2D eigenvalue weighted by Crippen LogP contribution is -2.22. The van der Waals surface area contributed by atoms with E-state index in [0.717, 1.165) is 36.2 Å². The van der Waals surface area contributed by atoms with E-state index >= 15 is 0 Å². The van der Waals surface area contributed by atoms with Gasteiger partial charge >= 0.3 is 5.97 Å². The summed E-state index contributed by atoms with van der Waals surface area (Å²) in [6.07, 6.45) is 2.57. The number of carboxylic acid groups (broad SMARTS) is 1. The monoisotopic (exact) mass is 222 g/mol. The minimum Gasteiger partial charge on any atom is -0.481 e. The van der Waals surface area contributed by atoms with Crippen molar-refractivity contribution in [2.24, 2.45) is 0 Å². The van der Waals surface area contributed by atoms with Crippen LogP contribution in [0.1, 0.15) is 56.5 Å². The van der Waals surface area contributed by atoms with Gasteiger partial charge < -0.3 is 5.11 Å². The van der Waals surface area contributed by atoms with E-state index in [4.69, 9.17) is 0 Å². The van der Waals surface area contributed by atoms with Crippen LogP contribution in [0.4, 0.5) is 0 Å². The summed E-state index contributed by atoms with van der Waals surface area (Å²) in [6.45, 7) is 6.20. The van der Waals surface area contributed by atoms with E-state index < -0.39 is 5.97 Å². The lowest BCUT2D eigenvalue weighted by Gasteiger charge is -2.24. The van der Waals surface area contributed by atoms with Crippen LogP contribution < -0.4 is 0 Å². The van der Waals surface area contributed by atoms with Gasteiger partial charge in [0.05, 0.1) is 11.6 Å². The van der Waals surface area contributed by atoms with Crippen molar-refractivity contribution < 1.29 is 9.90 Å². The number of carbonyl (C=O) groups is 1. The number of fused-ring (bicyclic) bond motifs is 1. The molecule has 16 heavy (non-hydrogen) atoms. The number of hydrogen-bond donors (Lipinski definition) is 2. The van der Waals surface area contributed by atoms with Gasteiger partial charge in [-0.25, -0.2) is 0 Å². The van der Waals surface area contributed by atoms with Crippen molar-refractivity contribution in [2.75, 3.05) is 0 Å². The zero-order valence-electron chi connectivity index (χ0n) is 10.0. The largest absolute Gasteiger partial charge is 0.481 e. The van der Waals surface area contributed by atoms with Gasteiger partial charge in [-0.05, 0) is 19.3 Å². The van der Waals surface area contributed by atoms with E-state index in [2.05, 4.69) is 31.0 Å². The SMILES string of the molecule is CC(C)(C)c1n[nH]c2c1[C@H](C(=O)O)CCC2. The van der Waals surface area contributed by atoms with Crippen LogP contribution in [0, 0.1) is 0 Å². The van der Waals surface area contributed by atoms with E-state index in [1.807, 2.05) is 0 Å². The van der Waals surface area contributed by atoms with Crippen LogP contribution in [0.15, 0.2) is 0 Å². The summed E-state index contributed by atoms with van der Waals surface area (Å²) in [5.74, 6) is -1.11. The standard InChI is InChI=1S/C12H18N2O2/c1-12(2,3)10-9-7(11(15)16)5-4-6-8(9)13-14-10/h7H,4-6H2,1-3H3,(H,13,14)(H,15,16)/t7-/m1/s1. The predicted octanol–water partition coefficient (Wildman–Crippen LogP) is 2.21. The molecule has 4 nitrogen and oxygen atoms in total. The Morgan fingerprint density at radius 1 is 1.50 bits per heavy atom. The van der Waals surface area contributed by atoms with Crippen LogP contribution in [0.25, 0.3) is 0 Å². The third-order valence-corrected chi connectivity index (χ3v) is 3.16. The fourth-order valence-electron chi connectivity index (χ4n) is 2.40. The van der Waals surface area contributed by atoms with Crippen LogP contribution in [0.3, 0.4) is 0 Å². The molecule has 0 saturated heterocycles. The van der Waals surface area contributed by atoms with Crippen molar-refractivity contribution in [1.82, 2.24) is 10.2 Å². The molecule has 1 aliphatic carbocycles. The van der Waals surface area contributed by atoms with Gasteiger partial charge in [0.15, 0.2) is 0 Å². The van der Waals surface area contributed by atoms with Gasteiger partial charge in [-0.3, -0.25) is 9.89 Å². The number of aliphatic carboxylic acids is 1. The zero-order valence-corrected chi connectivity index (χ0v) is 10.0. The summed E-state index contributed by atoms with van der Waals surface area (Å²) in [6, 6.07) is 0. The first-order valence-corrected chi connectivity index (χ1v) is 5.71. The number of hydrogen-bond acceptors (Lipinski definition) is 2. The molecule has 1 heterocycles. The maximum atomic E-state index is 11.3. The molecule has 1 atom stereocenters. The molecule has 4 heteroatoms. The minimum atomic E-state index is -0.729. The Morgan fingerprint density at radius 2 is 2.19 bits per heavy atom. The molecule has 1 aliphatic rings. The number of aromatic amines is 1. The maximum Gasteiger partial charge on any atom is 0.311 e. The zero-order chi connectivity index (χ0) is 11.9. The van der Waals surface area contributed by atoms with E-state index in [-0.39, 0.29) is 11.3 Å². The molecule has 0 aromatic carbocycles. The predicted molar refractivity (Wildman–Crippen MR) is 60.6 cm³/mol. The highest BCUT2D eigenvalue weighted by Gasteiger charge is 2.34. The summed E-state index contributed by atoms with van der Waals surface area (Å²) in [7, 11) is 0. The third-order valence-electron chi connectivity index (χ3n) is 3.16. The van der Waals surface area contributed by atoms with Crippen molar-refractivity contribution in [3.63, 3.8) is 0 Å². The Balaban J connectivity index is 2.52. The van der Waals surface area contributed by atoms with Crippen LogP contribution in [0.2, 0.25) is 0 Å². The Hall–Kier alpha value is -1.32. The second kappa shape index (κ2) is 3.61. The lowest BCUT2D eigenvalue weighted by atomic mass is 9.79. The van der Waals surface area contributed by atoms with Crippen molar-refractivity contribution in [3.8, 4) is 0 Å². The van der Waals surface area contributed by atoms with Crippen LogP contribution in [0.5, 0.6) is 0 Å². The lowest BCUT2D eigenvalue weighted by molar-refractivity contribution is -0.139. The van der Waals surface area contributed by atoms with E-state index in [1.165, 1.54) is 0 Å². The molecule has 0 unspecified atom stereocenters. The number of nitrogens with zero attached hydrogens (tertiary/aromatic N) is 1. The van der Waals surface area contributed by atoms with Crippen molar-refractivity contribution in [2.45, 2.75) is 51.4 Å². The van der Waals surface area contributed by atoms with E-state index in [9.17, 15) is 9.90 Å². The van der Waals surface area contributed by atoms with E-state index in [1.54, 1.807) is 0 Å². The van der Waals surface area contributed by atoms with Gasteiger partial charge in [0.2, 0.25) is 0 Å². The Bertz CT molecular complexity index is 415. The number of nitrogens with one attached hydrogen (secondary N) is 1. The number of rotatable bonds is 1. The average molecular weight is 222 g/mol. The van der Waals surface area contributed by atoms with Crippen LogP contribution >= 0.6 is 0 Å². The summed E-state index contributed by atoms with van der Waals surface area (Å²) < 4.78 is 0. The first-order chi connectivity index (χ1) is 7.41.